The zero-order valence-corrected chi connectivity index (χ0v) is 25.7. The Morgan fingerprint density at radius 1 is 0.878 bits per heavy atom. The second-order valence-corrected chi connectivity index (χ2v) is 13.2. The standard InChI is InChI=1S/C30H33Cl3N2O5S/c31-23-7-13-29(28(33)19-23)41(36,37)35(24-8-11-25(12-9-24)38-18-16-34-14-2-3-15-34)21-22-6-10-26(20-27(22)32)40-30-5-1-4-17-39-30/h6-13,19-20,30H,1-5,14-18,21H2. The first-order chi connectivity index (χ1) is 19.8. The number of sulfonamides is 1. The fraction of sp³-hybridized carbons (Fsp3) is 0.400. The molecule has 5 rings (SSSR count). The van der Waals surface area contributed by atoms with Crippen LogP contribution in [0.5, 0.6) is 11.5 Å². The average molecular weight is 640 g/mol. The fourth-order valence-corrected chi connectivity index (χ4v) is 7.39. The van der Waals surface area contributed by atoms with Crippen molar-refractivity contribution in [3.63, 3.8) is 0 Å². The maximum atomic E-state index is 14.0. The smallest absolute Gasteiger partial charge is 0.266 e. The van der Waals surface area contributed by atoms with Gasteiger partial charge >= 0.3 is 0 Å². The Bertz CT molecular complexity index is 1430. The summed E-state index contributed by atoms with van der Waals surface area (Å²) < 4.78 is 46.8. The van der Waals surface area contributed by atoms with Crippen molar-refractivity contribution in [3.05, 3.63) is 81.3 Å². The summed E-state index contributed by atoms with van der Waals surface area (Å²) in [7, 11) is -4.10. The van der Waals surface area contributed by atoms with Crippen molar-refractivity contribution in [1.29, 1.82) is 0 Å². The Labute approximate surface area is 256 Å². The molecule has 2 aliphatic heterocycles. The SMILES string of the molecule is O=S(=O)(c1ccc(Cl)cc1Cl)N(Cc1ccc(OC2CCCCO2)cc1Cl)c1ccc(OCCN2CCCC2)cc1. The van der Waals surface area contributed by atoms with E-state index in [0.717, 1.165) is 38.9 Å². The molecule has 3 aromatic carbocycles. The van der Waals surface area contributed by atoms with E-state index in [4.69, 9.17) is 49.0 Å². The van der Waals surface area contributed by atoms with Gasteiger partial charge in [0.05, 0.1) is 23.9 Å². The second kappa shape index (κ2) is 13.8. The van der Waals surface area contributed by atoms with Gasteiger partial charge in [0, 0.05) is 23.0 Å². The molecule has 0 radical (unpaired) electrons. The number of anilines is 1. The van der Waals surface area contributed by atoms with Crippen LogP contribution in [0.4, 0.5) is 5.69 Å². The molecule has 7 nitrogen and oxygen atoms in total. The van der Waals surface area contributed by atoms with Gasteiger partial charge < -0.3 is 14.2 Å². The van der Waals surface area contributed by atoms with Crippen LogP contribution in [0.3, 0.4) is 0 Å². The second-order valence-electron chi connectivity index (χ2n) is 10.1. The molecule has 0 N–H and O–H groups in total. The summed E-state index contributed by atoms with van der Waals surface area (Å²) in [5.41, 5.74) is 1.04. The van der Waals surface area contributed by atoms with Crippen molar-refractivity contribution in [3.8, 4) is 11.5 Å². The van der Waals surface area contributed by atoms with Crippen molar-refractivity contribution in [2.24, 2.45) is 0 Å². The summed E-state index contributed by atoms with van der Waals surface area (Å²) in [6.07, 6.45) is 5.01. The van der Waals surface area contributed by atoms with Crippen LogP contribution in [0, 0.1) is 0 Å². The Balaban J connectivity index is 1.38. The number of rotatable bonds is 11. The molecule has 0 aliphatic carbocycles. The fourth-order valence-electron chi connectivity index (χ4n) is 4.97. The van der Waals surface area contributed by atoms with Crippen molar-refractivity contribution in [1.82, 2.24) is 4.90 Å². The van der Waals surface area contributed by atoms with Gasteiger partial charge in [0.15, 0.2) is 6.29 Å². The first kappa shape index (κ1) is 30.3. The largest absolute Gasteiger partial charge is 0.492 e. The Morgan fingerprint density at radius 2 is 1.63 bits per heavy atom. The molecule has 2 fully saturated rings. The predicted molar refractivity (Wildman–Crippen MR) is 163 cm³/mol. The van der Waals surface area contributed by atoms with Crippen molar-refractivity contribution >= 4 is 50.5 Å². The first-order valence-corrected chi connectivity index (χ1v) is 16.4. The van der Waals surface area contributed by atoms with Crippen LogP contribution in [0.1, 0.15) is 37.7 Å². The zero-order valence-electron chi connectivity index (χ0n) is 22.6. The van der Waals surface area contributed by atoms with Crippen LogP contribution >= 0.6 is 34.8 Å². The highest BCUT2D eigenvalue weighted by molar-refractivity contribution is 7.93. The van der Waals surface area contributed by atoms with Crippen LogP contribution in [-0.2, 0) is 21.3 Å². The highest BCUT2D eigenvalue weighted by Gasteiger charge is 2.29. The molecule has 2 aliphatic rings. The molecule has 0 amide bonds. The van der Waals surface area contributed by atoms with E-state index in [1.54, 1.807) is 42.5 Å². The normalized spacial score (nSPS) is 17.9. The number of nitrogens with zero attached hydrogens (tertiary/aromatic N) is 2. The highest BCUT2D eigenvalue weighted by Crippen LogP contribution is 2.34. The molecule has 0 spiro atoms. The molecular weight excluding hydrogens is 607 g/mol. The third kappa shape index (κ3) is 7.80. The lowest BCUT2D eigenvalue weighted by molar-refractivity contribution is -0.105. The van der Waals surface area contributed by atoms with E-state index in [-0.39, 0.29) is 22.8 Å². The summed E-state index contributed by atoms with van der Waals surface area (Å²) in [6, 6.07) is 16.5. The molecule has 41 heavy (non-hydrogen) atoms. The molecule has 1 atom stereocenters. The molecule has 0 aromatic heterocycles. The van der Waals surface area contributed by atoms with E-state index < -0.39 is 10.0 Å². The Kier molecular flexibility index (Phi) is 10.2. The first-order valence-electron chi connectivity index (χ1n) is 13.8. The molecule has 2 heterocycles. The van der Waals surface area contributed by atoms with E-state index in [9.17, 15) is 8.42 Å². The third-order valence-electron chi connectivity index (χ3n) is 7.21. The molecule has 11 heteroatoms. The Hall–Kier alpha value is -2.20. The number of benzene rings is 3. The van der Waals surface area contributed by atoms with Crippen molar-refractivity contribution in [2.45, 2.75) is 49.8 Å². The van der Waals surface area contributed by atoms with Crippen LogP contribution in [0.15, 0.2) is 65.6 Å². The third-order valence-corrected chi connectivity index (χ3v) is 10.0. The van der Waals surface area contributed by atoms with E-state index in [2.05, 4.69) is 4.90 Å². The van der Waals surface area contributed by atoms with Crippen LogP contribution in [0.2, 0.25) is 15.1 Å². The maximum absolute atomic E-state index is 14.0. The van der Waals surface area contributed by atoms with Gasteiger partial charge in [0.2, 0.25) is 0 Å². The minimum atomic E-state index is -4.10. The van der Waals surface area contributed by atoms with Gasteiger partial charge in [0.1, 0.15) is 23.0 Å². The van der Waals surface area contributed by atoms with Crippen molar-refractivity contribution < 1.29 is 22.6 Å². The Morgan fingerprint density at radius 3 is 2.32 bits per heavy atom. The van der Waals surface area contributed by atoms with E-state index >= 15 is 0 Å². The minimum Gasteiger partial charge on any atom is -0.492 e. The van der Waals surface area contributed by atoms with Gasteiger partial charge in [-0.2, -0.15) is 0 Å². The van der Waals surface area contributed by atoms with Crippen molar-refractivity contribution in [2.75, 3.05) is 37.2 Å². The molecule has 220 valence electrons. The lowest BCUT2D eigenvalue weighted by atomic mass is 10.2. The number of ether oxygens (including phenoxy) is 3. The van der Waals surface area contributed by atoms with E-state index in [0.29, 0.717) is 46.0 Å². The number of hydrogen-bond donors (Lipinski definition) is 0. The molecule has 0 saturated carbocycles. The van der Waals surface area contributed by atoms with Gasteiger partial charge in [-0.1, -0.05) is 40.9 Å². The number of halogens is 3. The molecular formula is C30H33Cl3N2O5S. The highest BCUT2D eigenvalue weighted by atomic mass is 35.5. The summed E-state index contributed by atoms with van der Waals surface area (Å²) >= 11 is 19.1. The lowest BCUT2D eigenvalue weighted by Crippen LogP contribution is -2.31. The zero-order chi connectivity index (χ0) is 28.8. The number of likely N-dealkylation sites (tertiary alicyclic amines) is 1. The van der Waals surface area contributed by atoms with E-state index in [1.807, 2.05) is 0 Å². The topological polar surface area (TPSA) is 68.3 Å². The van der Waals surface area contributed by atoms with Gasteiger partial charge in [-0.15, -0.1) is 0 Å². The van der Waals surface area contributed by atoms with Crippen LogP contribution in [-0.4, -0.2) is 52.5 Å². The lowest BCUT2D eigenvalue weighted by Gasteiger charge is -2.26. The summed E-state index contributed by atoms with van der Waals surface area (Å²) in [5.74, 6) is 1.23. The maximum Gasteiger partial charge on any atom is 0.266 e. The molecule has 3 aromatic rings. The summed E-state index contributed by atoms with van der Waals surface area (Å²) in [4.78, 5) is 2.32. The summed E-state index contributed by atoms with van der Waals surface area (Å²) in [6.45, 7) is 4.27. The van der Waals surface area contributed by atoms with Crippen LogP contribution < -0.4 is 13.8 Å². The molecule has 0 bridgehead atoms. The van der Waals surface area contributed by atoms with Gasteiger partial charge in [0.25, 0.3) is 10.0 Å². The average Bonchev–Trinajstić information content (AvgIpc) is 3.47. The van der Waals surface area contributed by atoms with Crippen LogP contribution in [0.25, 0.3) is 0 Å². The van der Waals surface area contributed by atoms with Gasteiger partial charge in [-0.25, -0.2) is 8.42 Å². The predicted octanol–water partition coefficient (Wildman–Crippen LogP) is 7.42. The quantitative estimate of drug-likeness (QED) is 0.218. The van der Waals surface area contributed by atoms with E-state index in [1.165, 1.54) is 35.3 Å². The molecule has 2 saturated heterocycles. The van der Waals surface area contributed by atoms with Gasteiger partial charge in [-0.3, -0.25) is 9.21 Å². The minimum absolute atomic E-state index is 0.0322. The molecule has 1 unspecified atom stereocenters. The monoisotopic (exact) mass is 638 g/mol. The number of hydrogen-bond acceptors (Lipinski definition) is 6. The summed E-state index contributed by atoms with van der Waals surface area (Å²) in [5, 5.41) is 0.755. The van der Waals surface area contributed by atoms with Gasteiger partial charge in [-0.05, 0) is 98.9 Å².